The number of methoxy groups -OCH3 is 1. The summed E-state index contributed by atoms with van der Waals surface area (Å²) < 4.78 is 10.6. The molecule has 0 saturated carbocycles. The number of likely N-dealkylation sites (N-methyl/N-ethyl adjacent to an activating group) is 1. The van der Waals surface area contributed by atoms with Crippen molar-refractivity contribution in [3.63, 3.8) is 0 Å². The van der Waals surface area contributed by atoms with Crippen LogP contribution in [0, 0.1) is 11.3 Å². The van der Waals surface area contributed by atoms with E-state index < -0.39 is 0 Å². The smallest absolute Gasteiger partial charge is 0.121 e. The second-order valence-electron chi connectivity index (χ2n) is 4.37. The van der Waals surface area contributed by atoms with Crippen molar-refractivity contribution >= 4 is 5.69 Å². The van der Waals surface area contributed by atoms with Crippen LogP contribution in [0.4, 0.5) is 5.69 Å². The van der Waals surface area contributed by atoms with Crippen molar-refractivity contribution in [1.82, 2.24) is 4.90 Å². The molecule has 0 aromatic heterocycles. The highest BCUT2D eigenvalue weighted by Crippen LogP contribution is 2.21. The highest BCUT2D eigenvalue weighted by molar-refractivity contribution is 5.60. The second-order valence-corrected chi connectivity index (χ2v) is 4.37. The number of nitrogens with one attached hydrogen (secondary N) is 1. The minimum Gasteiger partial charge on any atom is -0.497 e. The number of nitrogens with zero attached hydrogens (tertiary/aromatic N) is 2. The summed E-state index contributed by atoms with van der Waals surface area (Å²) in [5.41, 5.74) is 1.38. The highest BCUT2D eigenvalue weighted by atomic mass is 16.5. The Labute approximate surface area is 114 Å². The van der Waals surface area contributed by atoms with Crippen molar-refractivity contribution in [3.05, 3.63) is 23.8 Å². The van der Waals surface area contributed by atoms with Gasteiger partial charge in [-0.05, 0) is 26.2 Å². The van der Waals surface area contributed by atoms with Crippen LogP contribution in [-0.4, -0.2) is 52.4 Å². The van der Waals surface area contributed by atoms with E-state index in [-0.39, 0.29) is 0 Å². The van der Waals surface area contributed by atoms with Crippen LogP contribution in [0.25, 0.3) is 0 Å². The molecule has 0 heterocycles. The molecule has 5 nitrogen and oxygen atoms in total. The molecule has 0 amide bonds. The van der Waals surface area contributed by atoms with Gasteiger partial charge in [-0.3, -0.25) is 0 Å². The fourth-order valence-electron chi connectivity index (χ4n) is 1.50. The van der Waals surface area contributed by atoms with E-state index in [2.05, 4.69) is 16.3 Å². The molecule has 1 aromatic rings. The van der Waals surface area contributed by atoms with Gasteiger partial charge in [0.05, 0.1) is 31.6 Å². The summed E-state index contributed by atoms with van der Waals surface area (Å²) in [4.78, 5) is 2.07. The Balaban J connectivity index is 2.38. The van der Waals surface area contributed by atoms with Crippen LogP contribution in [0.1, 0.15) is 5.56 Å². The number of hydrogen-bond acceptors (Lipinski definition) is 5. The van der Waals surface area contributed by atoms with Crippen LogP contribution in [0.5, 0.6) is 5.75 Å². The number of benzene rings is 1. The predicted octanol–water partition coefficient (Wildman–Crippen LogP) is 1.56. The summed E-state index contributed by atoms with van der Waals surface area (Å²) in [6.07, 6.45) is 0. The Morgan fingerprint density at radius 3 is 2.74 bits per heavy atom. The predicted molar refractivity (Wildman–Crippen MR) is 75.6 cm³/mol. The number of rotatable bonds is 8. The maximum Gasteiger partial charge on any atom is 0.121 e. The van der Waals surface area contributed by atoms with Gasteiger partial charge in [-0.2, -0.15) is 5.26 Å². The minimum absolute atomic E-state index is 0.606. The third-order valence-electron chi connectivity index (χ3n) is 2.59. The van der Waals surface area contributed by atoms with Crippen LogP contribution in [0.15, 0.2) is 18.2 Å². The van der Waals surface area contributed by atoms with E-state index in [1.54, 1.807) is 19.2 Å². The largest absolute Gasteiger partial charge is 0.497 e. The van der Waals surface area contributed by atoms with Gasteiger partial charge in [0.1, 0.15) is 11.8 Å². The zero-order chi connectivity index (χ0) is 14.1. The molecule has 1 aromatic carbocycles. The topological polar surface area (TPSA) is 57.5 Å². The minimum atomic E-state index is 0.606. The Hall–Kier alpha value is -1.77. The first-order chi connectivity index (χ1) is 9.17. The summed E-state index contributed by atoms with van der Waals surface area (Å²) in [5.74, 6) is 0.732. The maximum atomic E-state index is 9.02. The van der Waals surface area contributed by atoms with Crippen LogP contribution >= 0.6 is 0 Å². The van der Waals surface area contributed by atoms with E-state index >= 15 is 0 Å². The number of anilines is 1. The van der Waals surface area contributed by atoms with E-state index in [1.165, 1.54) is 0 Å². The fourth-order valence-corrected chi connectivity index (χ4v) is 1.50. The lowest BCUT2D eigenvalue weighted by atomic mass is 10.2. The molecular formula is C14H21N3O2. The molecule has 0 unspecified atom stereocenters. The first-order valence-electron chi connectivity index (χ1n) is 6.22. The molecular weight excluding hydrogens is 242 g/mol. The Kier molecular flexibility index (Phi) is 6.72. The van der Waals surface area contributed by atoms with Crippen LogP contribution < -0.4 is 10.1 Å². The first-order valence-corrected chi connectivity index (χ1v) is 6.22. The average Bonchev–Trinajstić information content (AvgIpc) is 2.42. The van der Waals surface area contributed by atoms with Gasteiger partial charge in [0.15, 0.2) is 0 Å². The number of ether oxygens (including phenoxy) is 2. The lowest BCUT2D eigenvalue weighted by molar-refractivity contribution is 0.126. The van der Waals surface area contributed by atoms with Crippen molar-refractivity contribution in [3.8, 4) is 11.8 Å². The van der Waals surface area contributed by atoms with Gasteiger partial charge in [-0.25, -0.2) is 0 Å². The Morgan fingerprint density at radius 2 is 2.11 bits per heavy atom. The SMILES string of the molecule is COc1ccc(C#N)c(NCCOCCN(C)C)c1. The summed E-state index contributed by atoms with van der Waals surface area (Å²) >= 11 is 0. The lowest BCUT2D eigenvalue weighted by Gasteiger charge is -2.12. The van der Waals surface area contributed by atoms with Gasteiger partial charge in [0.2, 0.25) is 0 Å². The molecule has 1 N–H and O–H groups in total. The third kappa shape index (κ3) is 5.60. The normalized spacial score (nSPS) is 10.3. The van der Waals surface area contributed by atoms with E-state index in [1.807, 2.05) is 20.2 Å². The molecule has 0 spiro atoms. The van der Waals surface area contributed by atoms with Crippen molar-refractivity contribution in [2.45, 2.75) is 0 Å². The molecule has 0 radical (unpaired) electrons. The average molecular weight is 263 g/mol. The summed E-state index contributed by atoms with van der Waals surface area (Å²) in [6, 6.07) is 7.49. The van der Waals surface area contributed by atoms with Crippen LogP contribution in [-0.2, 0) is 4.74 Å². The second kappa shape index (κ2) is 8.35. The Bertz CT molecular complexity index is 427. The van der Waals surface area contributed by atoms with E-state index in [0.29, 0.717) is 25.3 Å². The molecule has 0 atom stereocenters. The van der Waals surface area contributed by atoms with Crippen molar-refractivity contribution in [1.29, 1.82) is 5.26 Å². The zero-order valence-electron chi connectivity index (χ0n) is 11.8. The summed E-state index contributed by atoms with van der Waals surface area (Å²) in [5, 5.41) is 12.2. The van der Waals surface area contributed by atoms with Gasteiger partial charge in [0.25, 0.3) is 0 Å². The van der Waals surface area contributed by atoms with Crippen LogP contribution in [0.3, 0.4) is 0 Å². The zero-order valence-corrected chi connectivity index (χ0v) is 11.8. The van der Waals surface area contributed by atoms with Crippen molar-refractivity contribution < 1.29 is 9.47 Å². The monoisotopic (exact) mass is 263 g/mol. The van der Waals surface area contributed by atoms with E-state index in [4.69, 9.17) is 14.7 Å². The molecule has 1 rings (SSSR count). The molecule has 0 bridgehead atoms. The van der Waals surface area contributed by atoms with Crippen molar-refractivity contribution in [2.75, 3.05) is 52.8 Å². The molecule has 5 heteroatoms. The van der Waals surface area contributed by atoms with Gasteiger partial charge in [-0.15, -0.1) is 0 Å². The van der Waals surface area contributed by atoms with Gasteiger partial charge >= 0.3 is 0 Å². The Morgan fingerprint density at radius 1 is 1.32 bits per heavy atom. The summed E-state index contributed by atoms with van der Waals surface area (Å²) in [7, 11) is 5.63. The number of hydrogen-bond donors (Lipinski definition) is 1. The van der Waals surface area contributed by atoms with Gasteiger partial charge in [-0.1, -0.05) is 0 Å². The molecule has 0 fully saturated rings. The lowest BCUT2D eigenvalue weighted by Crippen LogP contribution is -2.20. The fraction of sp³-hybridized carbons (Fsp3) is 0.500. The molecule has 0 aliphatic rings. The van der Waals surface area contributed by atoms with Crippen LogP contribution in [0.2, 0.25) is 0 Å². The van der Waals surface area contributed by atoms with Gasteiger partial charge < -0.3 is 19.7 Å². The molecule has 104 valence electrons. The van der Waals surface area contributed by atoms with E-state index in [0.717, 1.165) is 18.0 Å². The molecule has 0 saturated heterocycles. The van der Waals surface area contributed by atoms with Crippen molar-refractivity contribution in [2.24, 2.45) is 0 Å². The first kappa shape index (κ1) is 15.3. The third-order valence-corrected chi connectivity index (χ3v) is 2.59. The summed E-state index contributed by atoms with van der Waals surface area (Å²) in [6.45, 7) is 2.88. The number of nitriles is 1. The highest BCUT2D eigenvalue weighted by Gasteiger charge is 2.03. The molecule has 0 aliphatic carbocycles. The van der Waals surface area contributed by atoms with Gasteiger partial charge in [0, 0.05) is 19.2 Å². The molecule has 19 heavy (non-hydrogen) atoms. The van der Waals surface area contributed by atoms with E-state index in [9.17, 15) is 0 Å². The molecule has 0 aliphatic heterocycles. The quantitative estimate of drug-likeness (QED) is 0.721. The standard InChI is InChI=1S/C14H21N3O2/c1-17(2)7-9-19-8-6-16-14-10-13(18-3)5-4-12(14)11-15/h4-5,10,16H,6-9H2,1-3H3. The maximum absolute atomic E-state index is 9.02.